The van der Waals surface area contributed by atoms with Crippen LogP contribution in [-0.4, -0.2) is 26.9 Å². The topological polar surface area (TPSA) is 61.9 Å². The maximum Gasteiger partial charge on any atom is 0.224 e. The van der Waals surface area contributed by atoms with Crippen molar-refractivity contribution in [1.82, 2.24) is 14.5 Å². The van der Waals surface area contributed by atoms with E-state index in [-0.39, 0.29) is 36.8 Å². The van der Waals surface area contributed by atoms with Crippen molar-refractivity contribution >= 4 is 5.91 Å². The molecule has 2 heterocycles. The third-order valence-corrected chi connectivity index (χ3v) is 3.80. The van der Waals surface area contributed by atoms with Crippen LogP contribution in [0.2, 0.25) is 0 Å². The van der Waals surface area contributed by atoms with Crippen LogP contribution >= 0.6 is 0 Å². The molecular formula is C15H11F3N4O. The van der Waals surface area contributed by atoms with E-state index in [0.717, 1.165) is 6.07 Å². The minimum Gasteiger partial charge on any atom is -0.324 e. The van der Waals surface area contributed by atoms with Gasteiger partial charge in [-0.3, -0.25) is 4.79 Å². The van der Waals surface area contributed by atoms with Crippen LogP contribution < -0.4 is 0 Å². The van der Waals surface area contributed by atoms with Gasteiger partial charge in [-0.05, 0) is 11.6 Å². The highest BCUT2D eigenvalue weighted by Gasteiger charge is 2.33. The van der Waals surface area contributed by atoms with Gasteiger partial charge in [0.15, 0.2) is 23.1 Å². The van der Waals surface area contributed by atoms with E-state index >= 15 is 0 Å². The van der Waals surface area contributed by atoms with Crippen LogP contribution in [0.5, 0.6) is 0 Å². The lowest BCUT2D eigenvalue weighted by atomic mass is 9.97. The molecule has 1 aliphatic rings. The molecular weight excluding hydrogens is 309 g/mol. The molecule has 1 atom stereocenters. The average Bonchev–Trinajstić information content (AvgIpc) is 3.13. The Kier molecular flexibility index (Phi) is 3.78. The largest absolute Gasteiger partial charge is 0.324 e. The number of aromatic nitrogens is 2. The number of benzene rings is 1. The molecule has 1 amide bonds. The summed E-state index contributed by atoms with van der Waals surface area (Å²) >= 11 is 0. The first kappa shape index (κ1) is 15.1. The van der Waals surface area contributed by atoms with Crippen molar-refractivity contribution < 1.29 is 18.0 Å². The minimum absolute atomic E-state index is 0.0110. The van der Waals surface area contributed by atoms with E-state index in [9.17, 15) is 18.0 Å². The van der Waals surface area contributed by atoms with Gasteiger partial charge in [0.25, 0.3) is 0 Å². The van der Waals surface area contributed by atoms with Gasteiger partial charge in [0.2, 0.25) is 5.91 Å². The SMILES string of the molecule is N#Cc1cn(CN2CC(c3ccc(F)c(F)c3F)CC2=O)cn1. The van der Waals surface area contributed by atoms with Gasteiger partial charge in [0, 0.05) is 25.1 Å². The highest BCUT2D eigenvalue weighted by Crippen LogP contribution is 2.31. The Hall–Kier alpha value is -2.82. The molecule has 0 spiro atoms. The molecule has 1 saturated heterocycles. The number of imidazole rings is 1. The second-order valence-corrected chi connectivity index (χ2v) is 5.31. The van der Waals surface area contributed by atoms with Gasteiger partial charge in [0.1, 0.15) is 6.07 Å². The lowest BCUT2D eigenvalue weighted by molar-refractivity contribution is -0.129. The highest BCUT2D eigenvalue weighted by molar-refractivity contribution is 5.79. The van der Waals surface area contributed by atoms with Crippen LogP contribution in [-0.2, 0) is 11.5 Å². The maximum atomic E-state index is 13.8. The third kappa shape index (κ3) is 2.77. The Labute approximate surface area is 129 Å². The lowest BCUT2D eigenvalue weighted by Gasteiger charge is -2.17. The summed E-state index contributed by atoms with van der Waals surface area (Å²) in [6.45, 7) is 0.343. The van der Waals surface area contributed by atoms with E-state index in [2.05, 4.69) is 4.98 Å². The zero-order valence-corrected chi connectivity index (χ0v) is 11.8. The van der Waals surface area contributed by atoms with E-state index in [0.29, 0.717) is 0 Å². The number of carbonyl (C=O) groups is 1. The Bertz CT molecular complexity index is 812. The highest BCUT2D eigenvalue weighted by atomic mass is 19.2. The summed E-state index contributed by atoms with van der Waals surface area (Å²) in [5.41, 5.74) is 0.211. The summed E-state index contributed by atoms with van der Waals surface area (Å²) in [5, 5.41) is 8.72. The molecule has 0 N–H and O–H groups in total. The Morgan fingerprint density at radius 1 is 1.30 bits per heavy atom. The van der Waals surface area contributed by atoms with E-state index in [1.54, 1.807) is 4.57 Å². The molecule has 118 valence electrons. The number of amides is 1. The summed E-state index contributed by atoms with van der Waals surface area (Å²) in [5.74, 6) is -4.81. The average molecular weight is 320 g/mol. The van der Waals surface area contributed by atoms with Crippen LogP contribution in [0.25, 0.3) is 0 Å². The molecule has 0 radical (unpaired) electrons. The van der Waals surface area contributed by atoms with Crippen molar-refractivity contribution in [3.63, 3.8) is 0 Å². The number of likely N-dealkylation sites (tertiary alicyclic amines) is 1. The summed E-state index contributed by atoms with van der Waals surface area (Å²) in [4.78, 5) is 17.3. The first-order valence-electron chi connectivity index (χ1n) is 6.82. The predicted molar refractivity (Wildman–Crippen MR) is 72.3 cm³/mol. The fourth-order valence-electron chi connectivity index (χ4n) is 2.67. The van der Waals surface area contributed by atoms with Gasteiger partial charge in [-0.2, -0.15) is 5.26 Å². The molecule has 1 aromatic heterocycles. The fourth-order valence-corrected chi connectivity index (χ4v) is 2.67. The van der Waals surface area contributed by atoms with Gasteiger partial charge in [-0.15, -0.1) is 0 Å². The predicted octanol–water partition coefficient (Wildman–Crippen LogP) is 2.15. The quantitative estimate of drug-likeness (QED) is 0.814. The summed E-state index contributed by atoms with van der Waals surface area (Å²) < 4.78 is 41.7. The molecule has 8 heteroatoms. The van der Waals surface area contributed by atoms with Crippen molar-refractivity contribution in [1.29, 1.82) is 5.26 Å². The number of halogens is 3. The molecule has 1 fully saturated rings. The second-order valence-electron chi connectivity index (χ2n) is 5.31. The zero-order valence-electron chi connectivity index (χ0n) is 11.8. The number of nitrogens with zero attached hydrogens (tertiary/aromatic N) is 4. The van der Waals surface area contributed by atoms with Gasteiger partial charge >= 0.3 is 0 Å². The zero-order chi connectivity index (χ0) is 16.6. The Morgan fingerprint density at radius 3 is 2.78 bits per heavy atom. The molecule has 1 aliphatic heterocycles. The monoisotopic (exact) mass is 320 g/mol. The number of hydrogen-bond acceptors (Lipinski definition) is 3. The van der Waals surface area contributed by atoms with Crippen molar-refractivity contribution in [2.45, 2.75) is 19.0 Å². The Morgan fingerprint density at radius 2 is 2.09 bits per heavy atom. The lowest BCUT2D eigenvalue weighted by Crippen LogP contribution is -2.27. The molecule has 3 rings (SSSR count). The second kappa shape index (κ2) is 5.76. The Balaban J connectivity index is 1.77. The molecule has 0 aliphatic carbocycles. The van der Waals surface area contributed by atoms with Crippen molar-refractivity contribution in [3.05, 3.63) is 53.4 Å². The first-order chi connectivity index (χ1) is 11.0. The molecule has 0 saturated carbocycles. The van der Waals surface area contributed by atoms with Crippen LogP contribution in [0.3, 0.4) is 0 Å². The van der Waals surface area contributed by atoms with Crippen molar-refractivity contribution in [2.75, 3.05) is 6.54 Å². The number of hydrogen-bond donors (Lipinski definition) is 0. The van der Waals surface area contributed by atoms with Gasteiger partial charge in [0.05, 0.1) is 13.0 Å². The van der Waals surface area contributed by atoms with Crippen LogP contribution in [0.15, 0.2) is 24.7 Å². The van der Waals surface area contributed by atoms with E-state index in [1.165, 1.54) is 23.5 Å². The summed E-state index contributed by atoms with van der Waals surface area (Å²) in [6, 6.07) is 3.90. The number of rotatable bonds is 3. The summed E-state index contributed by atoms with van der Waals surface area (Å²) in [6.07, 6.45) is 2.91. The van der Waals surface area contributed by atoms with Crippen LogP contribution in [0.1, 0.15) is 23.6 Å². The third-order valence-electron chi connectivity index (χ3n) is 3.80. The normalized spacial score (nSPS) is 17.6. The first-order valence-corrected chi connectivity index (χ1v) is 6.82. The molecule has 23 heavy (non-hydrogen) atoms. The minimum atomic E-state index is -1.53. The number of nitriles is 1. The standard InChI is InChI=1S/C15H11F3N4O/c16-12-2-1-11(14(17)15(12)18)9-3-13(23)22(5-9)8-21-6-10(4-19)20-7-21/h1-2,6-7,9H,3,5,8H2. The summed E-state index contributed by atoms with van der Waals surface area (Å²) in [7, 11) is 0. The van der Waals surface area contributed by atoms with E-state index in [1.807, 2.05) is 6.07 Å². The van der Waals surface area contributed by atoms with Crippen molar-refractivity contribution in [3.8, 4) is 6.07 Å². The van der Waals surface area contributed by atoms with E-state index < -0.39 is 23.4 Å². The molecule has 0 bridgehead atoms. The molecule has 2 aromatic rings. The molecule has 1 unspecified atom stereocenters. The van der Waals surface area contributed by atoms with Crippen molar-refractivity contribution in [2.24, 2.45) is 0 Å². The number of carbonyl (C=O) groups excluding carboxylic acids is 1. The van der Waals surface area contributed by atoms with Crippen LogP contribution in [0.4, 0.5) is 13.2 Å². The smallest absolute Gasteiger partial charge is 0.224 e. The molecule has 1 aromatic carbocycles. The van der Waals surface area contributed by atoms with Gasteiger partial charge in [-0.25, -0.2) is 18.2 Å². The van der Waals surface area contributed by atoms with Crippen LogP contribution in [0, 0.1) is 28.8 Å². The fraction of sp³-hybridized carbons (Fsp3) is 0.267. The maximum absolute atomic E-state index is 13.8. The molecule has 5 nitrogen and oxygen atoms in total. The van der Waals surface area contributed by atoms with Gasteiger partial charge < -0.3 is 9.47 Å². The van der Waals surface area contributed by atoms with E-state index in [4.69, 9.17) is 5.26 Å². The van der Waals surface area contributed by atoms with Gasteiger partial charge in [-0.1, -0.05) is 6.07 Å².